The highest BCUT2D eigenvalue weighted by molar-refractivity contribution is 7.90. The van der Waals surface area contributed by atoms with E-state index in [0.29, 0.717) is 24.3 Å². The Morgan fingerprint density at radius 1 is 1.34 bits per heavy atom. The third-order valence-corrected chi connectivity index (χ3v) is 7.47. The SMILES string of the molecule is N#CCC1(n2cc(-c3nccc4nc(NC(=O)C5CNC5)nn34)cn2)CN(S(=O)(=O)C(F)(F)F)C1. The molecule has 2 aliphatic heterocycles. The molecule has 17 heteroatoms. The molecule has 0 saturated carbocycles. The van der Waals surface area contributed by atoms with Gasteiger partial charge in [-0.2, -0.15) is 37.3 Å². The van der Waals surface area contributed by atoms with Crippen molar-refractivity contribution in [3.8, 4) is 17.5 Å². The number of halogens is 3. The summed E-state index contributed by atoms with van der Waals surface area (Å²) in [5, 5.41) is 23.3. The van der Waals surface area contributed by atoms with Crippen LogP contribution in [0.2, 0.25) is 0 Å². The highest BCUT2D eigenvalue weighted by Crippen LogP contribution is 2.39. The molecule has 3 aromatic rings. The predicted octanol–water partition coefficient (Wildman–Crippen LogP) is -0.0801. The smallest absolute Gasteiger partial charge is 0.315 e. The largest absolute Gasteiger partial charge is 0.511 e. The normalized spacial score (nSPS) is 18.6. The second-order valence-electron chi connectivity index (χ2n) is 8.27. The molecule has 5 heterocycles. The number of fused-ring (bicyclic) bond motifs is 1. The van der Waals surface area contributed by atoms with Crippen LogP contribution in [0.1, 0.15) is 6.42 Å². The van der Waals surface area contributed by atoms with Crippen molar-refractivity contribution in [3.63, 3.8) is 0 Å². The lowest BCUT2D eigenvalue weighted by atomic mass is 9.89. The van der Waals surface area contributed by atoms with E-state index in [0.717, 1.165) is 0 Å². The lowest BCUT2D eigenvalue weighted by Crippen LogP contribution is -2.65. The summed E-state index contributed by atoms with van der Waals surface area (Å²) in [6, 6.07) is 3.46. The van der Waals surface area contributed by atoms with Crippen molar-refractivity contribution < 1.29 is 26.4 Å². The summed E-state index contributed by atoms with van der Waals surface area (Å²) < 4.78 is 65.0. The van der Waals surface area contributed by atoms with Crippen LogP contribution < -0.4 is 10.6 Å². The van der Waals surface area contributed by atoms with Crippen molar-refractivity contribution in [3.05, 3.63) is 24.7 Å². The van der Waals surface area contributed by atoms with Crippen LogP contribution in [0.5, 0.6) is 0 Å². The Morgan fingerprint density at radius 2 is 2.09 bits per heavy atom. The minimum Gasteiger partial charge on any atom is -0.315 e. The molecule has 2 N–H and O–H groups in total. The van der Waals surface area contributed by atoms with E-state index in [9.17, 15) is 31.6 Å². The van der Waals surface area contributed by atoms with Crippen LogP contribution in [-0.2, 0) is 20.4 Å². The van der Waals surface area contributed by atoms with E-state index in [2.05, 4.69) is 30.8 Å². The van der Waals surface area contributed by atoms with Gasteiger partial charge in [0, 0.05) is 44.6 Å². The van der Waals surface area contributed by atoms with Gasteiger partial charge in [0.1, 0.15) is 5.54 Å². The van der Waals surface area contributed by atoms with Crippen molar-refractivity contribution in [2.24, 2.45) is 5.92 Å². The fourth-order valence-electron chi connectivity index (χ4n) is 3.86. The number of alkyl halides is 3. The van der Waals surface area contributed by atoms with Gasteiger partial charge in [-0.1, -0.05) is 0 Å². The first-order valence-electron chi connectivity index (χ1n) is 10.3. The topological polar surface area (TPSA) is 163 Å². The van der Waals surface area contributed by atoms with Gasteiger partial charge in [-0.3, -0.25) is 14.8 Å². The Hall–Kier alpha value is -3.62. The molecule has 5 rings (SSSR count). The molecule has 0 atom stereocenters. The number of hydrogen-bond donors (Lipinski definition) is 2. The number of rotatable bonds is 6. The number of nitrogens with zero attached hydrogens (tertiary/aromatic N) is 8. The van der Waals surface area contributed by atoms with Gasteiger partial charge in [-0.15, -0.1) is 5.10 Å². The monoisotopic (exact) mass is 510 g/mol. The molecular weight excluding hydrogens is 493 g/mol. The molecule has 2 aliphatic rings. The first kappa shape index (κ1) is 23.1. The summed E-state index contributed by atoms with van der Waals surface area (Å²) >= 11 is 0. The average Bonchev–Trinajstić information content (AvgIpc) is 3.34. The quantitative estimate of drug-likeness (QED) is 0.462. The number of nitriles is 1. The summed E-state index contributed by atoms with van der Waals surface area (Å²) in [6.45, 7) is 0.0159. The van der Waals surface area contributed by atoms with Gasteiger partial charge < -0.3 is 5.32 Å². The molecule has 2 fully saturated rings. The fourth-order valence-corrected chi connectivity index (χ4v) is 4.98. The summed E-state index contributed by atoms with van der Waals surface area (Å²) in [5.74, 6) is -0.0320. The van der Waals surface area contributed by atoms with Gasteiger partial charge in [0.15, 0.2) is 11.5 Å². The Kier molecular flexibility index (Phi) is 5.27. The summed E-state index contributed by atoms with van der Waals surface area (Å²) in [7, 11) is -5.51. The van der Waals surface area contributed by atoms with Crippen LogP contribution in [0.25, 0.3) is 17.0 Å². The molecule has 1 amide bonds. The zero-order valence-electron chi connectivity index (χ0n) is 17.8. The third kappa shape index (κ3) is 3.79. The molecular formula is C18H17F3N10O3S. The molecule has 0 aromatic carbocycles. The maximum atomic E-state index is 12.9. The molecule has 3 aromatic heterocycles. The zero-order valence-corrected chi connectivity index (χ0v) is 18.6. The first-order chi connectivity index (χ1) is 16.5. The number of carbonyl (C=O) groups is 1. The van der Waals surface area contributed by atoms with E-state index >= 15 is 0 Å². The van der Waals surface area contributed by atoms with Gasteiger partial charge in [-0.05, 0) is 0 Å². The van der Waals surface area contributed by atoms with Crippen LogP contribution in [0, 0.1) is 17.2 Å². The number of sulfonamides is 1. The minimum absolute atomic E-state index is 0.0801. The molecule has 35 heavy (non-hydrogen) atoms. The lowest BCUT2D eigenvalue weighted by Gasteiger charge is -2.47. The van der Waals surface area contributed by atoms with Gasteiger partial charge in [0.05, 0.1) is 30.2 Å². The van der Waals surface area contributed by atoms with Gasteiger partial charge >= 0.3 is 15.5 Å². The van der Waals surface area contributed by atoms with Crippen LogP contribution in [0.4, 0.5) is 19.1 Å². The van der Waals surface area contributed by atoms with Gasteiger partial charge in [0.2, 0.25) is 11.9 Å². The predicted molar refractivity (Wildman–Crippen MR) is 112 cm³/mol. The van der Waals surface area contributed by atoms with E-state index < -0.39 is 34.2 Å². The highest BCUT2D eigenvalue weighted by Gasteiger charge is 2.59. The van der Waals surface area contributed by atoms with E-state index in [-0.39, 0.29) is 34.3 Å². The number of hydrogen-bond acceptors (Lipinski definition) is 9. The van der Waals surface area contributed by atoms with Crippen molar-refractivity contribution in [1.82, 2.24) is 39.0 Å². The maximum Gasteiger partial charge on any atom is 0.511 e. The second kappa shape index (κ2) is 7.96. The molecule has 0 bridgehead atoms. The lowest BCUT2D eigenvalue weighted by molar-refractivity contribution is -0.121. The Labute approximate surface area is 195 Å². The highest BCUT2D eigenvalue weighted by atomic mass is 32.2. The van der Waals surface area contributed by atoms with Crippen LogP contribution in [0.3, 0.4) is 0 Å². The maximum absolute atomic E-state index is 12.9. The van der Waals surface area contributed by atoms with E-state index in [4.69, 9.17) is 0 Å². The van der Waals surface area contributed by atoms with Crippen molar-refractivity contribution in [2.75, 3.05) is 31.5 Å². The molecule has 184 valence electrons. The molecule has 2 saturated heterocycles. The number of carbonyl (C=O) groups excluding carboxylic acids is 1. The van der Waals surface area contributed by atoms with Gasteiger partial charge in [0.25, 0.3) is 0 Å². The second-order valence-corrected chi connectivity index (χ2v) is 10.2. The first-order valence-corrected chi connectivity index (χ1v) is 11.7. The van der Waals surface area contributed by atoms with Crippen LogP contribution in [0.15, 0.2) is 24.7 Å². The molecule has 13 nitrogen and oxygen atoms in total. The molecule has 0 spiro atoms. The van der Waals surface area contributed by atoms with E-state index in [1.54, 1.807) is 6.07 Å². The van der Waals surface area contributed by atoms with Crippen LogP contribution >= 0.6 is 0 Å². The minimum atomic E-state index is -5.51. The number of aromatic nitrogens is 6. The summed E-state index contributed by atoms with van der Waals surface area (Å²) in [4.78, 5) is 20.7. The van der Waals surface area contributed by atoms with E-state index in [1.807, 2.05) is 6.07 Å². The standard InChI is InChI=1S/C18H17F3N10O3S/c19-18(20,21)35(33,34)29-9-17(10-29,2-3-22)30-8-12(7-25-30)14-24-4-1-13-26-16(28-31(13)14)27-15(32)11-5-23-6-11/h1,4,7-8,11,23H,2,5-6,9-10H2,(H,27,28,32). The number of amides is 1. The van der Waals surface area contributed by atoms with Crippen molar-refractivity contribution in [2.45, 2.75) is 17.5 Å². The van der Waals surface area contributed by atoms with E-state index in [1.165, 1.54) is 27.8 Å². The summed E-state index contributed by atoms with van der Waals surface area (Å²) in [6.07, 6.45) is 4.04. The van der Waals surface area contributed by atoms with Gasteiger partial charge in [-0.25, -0.2) is 13.4 Å². The zero-order chi connectivity index (χ0) is 25.0. The van der Waals surface area contributed by atoms with Crippen molar-refractivity contribution >= 4 is 27.5 Å². The Bertz CT molecular complexity index is 1450. The van der Waals surface area contributed by atoms with Crippen molar-refractivity contribution in [1.29, 1.82) is 5.26 Å². The molecule has 0 aliphatic carbocycles. The number of nitrogens with one attached hydrogen (secondary N) is 2. The van der Waals surface area contributed by atoms with Crippen LogP contribution in [-0.4, -0.2) is 79.7 Å². The molecule has 0 radical (unpaired) electrons. The average molecular weight is 510 g/mol. The third-order valence-electron chi connectivity index (χ3n) is 5.95. The Morgan fingerprint density at radius 3 is 2.71 bits per heavy atom. The molecule has 0 unspecified atom stereocenters. The fraction of sp³-hybridized carbons (Fsp3) is 0.444. The number of anilines is 1. The summed E-state index contributed by atoms with van der Waals surface area (Å²) in [5.41, 5.74) is -5.92. The Balaban J connectivity index is 1.42.